The number of Topliss-reactive ketones (excluding diaryl/α,β-unsaturated/α-hetero) is 1. The first-order chi connectivity index (χ1) is 18.0. The van der Waals surface area contributed by atoms with Gasteiger partial charge < -0.3 is 18.9 Å². The molecule has 0 amide bonds. The van der Waals surface area contributed by atoms with Crippen LogP contribution >= 0.6 is 11.6 Å². The molecule has 184 valence electrons. The third kappa shape index (κ3) is 4.71. The summed E-state index contributed by atoms with van der Waals surface area (Å²) in [7, 11) is 0. The van der Waals surface area contributed by atoms with Crippen molar-refractivity contribution in [3.8, 4) is 28.4 Å². The van der Waals surface area contributed by atoms with Crippen molar-refractivity contribution in [2.75, 3.05) is 6.79 Å². The minimum absolute atomic E-state index is 0.136. The molecular formula is C31H23ClO5. The molecule has 4 aromatic carbocycles. The molecule has 0 aliphatic carbocycles. The van der Waals surface area contributed by atoms with Crippen molar-refractivity contribution in [3.63, 3.8) is 0 Å². The van der Waals surface area contributed by atoms with Crippen LogP contribution < -0.4 is 14.2 Å². The molecule has 0 aromatic heterocycles. The Morgan fingerprint density at radius 1 is 0.973 bits per heavy atom. The number of benzene rings is 4. The number of halogens is 1. The van der Waals surface area contributed by atoms with Gasteiger partial charge in [-0.1, -0.05) is 66.2 Å². The molecule has 6 rings (SSSR count). The maximum atomic E-state index is 13.1. The molecule has 0 bridgehead atoms. The Bertz CT molecular complexity index is 1520. The predicted molar refractivity (Wildman–Crippen MR) is 142 cm³/mol. The van der Waals surface area contributed by atoms with Crippen LogP contribution in [0.15, 0.2) is 84.6 Å². The van der Waals surface area contributed by atoms with E-state index in [1.54, 1.807) is 12.1 Å². The molecule has 0 atom stereocenters. The second-order valence-electron chi connectivity index (χ2n) is 8.99. The lowest BCUT2D eigenvalue weighted by atomic mass is 10.0. The van der Waals surface area contributed by atoms with Crippen molar-refractivity contribution in [1.82, 2.24) is 0 Å². The summed E-state index contributed by atoms with van der Waals surface area (Å²) < 4.78 is 23.1. The lowest BCUT2D eigenvalue weighted by molar-refractivity contribution is -0.0175. The fraction of sp³-hybridized carbons (Fsp3) is 0.129. The van der Waals surface area contributed by atoms with E-state index in [4.69, 9.17) is 30.5 Å². The zero-order valence-electron chi connectivity index (χ0n) is 20.1. The van der Waals surface area contributed by atoms with E-state index in [0.717, 1.165) is 39.1 Å². The van der Waals surface area contributed by atoms with Crippen LogP contribution in [0, 0.1) is 6.92 Å². The molecular weight excluding hydrogens is 488 g/mol. The lowest BCUT2D eigenvalue weighted by Gasteiger charge is -2.21. The molecule has 0 saturated carbocycles. The number of aryl methyl sites for hydroxylation is 1. The molecule has 4 aromatic rings. The first-order valence-corrected chi connectivity index (χ1v) is 12.3. The fourth-order valence-electron chi connectivity index (χ4n) is 4.64. The molecule has 5 nitrogen and oxygen atoms in total. The molecule has 6 heteroatoms. The van der Waals surface area contributed by atoms with Gasteiger partial charge in [-0.2, -0.15) is 0 Å². The van der Waals surface area contributed by atoms with E-state index >= 15 is 0 Å². The fourth-order valence-corrected chi connectivity index (χ4v) is 4.90. The Balaban J connectivity index is 1.21. The number of ketones is 1. The van der Waals surface area contributed by atoms with Gasteiger partial charge in [-0.15, -0.1) is 0 Å². The van der Waals surface area contributed by atoms with Crippen molar-refractivity contribution < 1.29 is 23.7 Å². The van der Waals surface area contributed by atoms with Gasteiger partial charge in [0.15, 0.2) is 12.6 Å². The third-order valence-electron chi connectivity index (χ3n) is 6.41. The minimum atomic E-state index is -0.136. The topological polar surface area (TPSA) is 54.0 Å². The summed E-state index contributed by atoms with van der Waals surface area (Å²) in [4.78, 5) is 13.1. The number of ether oxygens (including phenoxy) is 4. The Labute approximate surface area is 219 Å². The van der Waals surface area contributed by atoms with Crippen LogP contribution in [-0.4, -0.2) is 12.6 Å². The van der Waals surface area contributed by atoms with E-state index in [2.05, 4.69) is 12.1 Å². The highest BCUT2D eigenvalue weighted by molar-refractivity contribution is 6.30. The molecule has 0 saturated heterocycles. The number of hydrogen-bond donors (Lipinski definition) is 0. The highest BCUT2D eigenvalue weighted by Gasteiger charge is 2.30. The number of fused-ring (bicyclic) bond motifs is 2. The van der Waals surface area contributed by atoms with Crippen LogP contribution in [0.3, 0.4) is 0 Å². The zero-order chi connectivity index (χ0) is 25.4. The first kappa shape index (κ1) is 23.3. The highest BCUT2D eigenvalue weighted by Crippen LogP contribution is 2.38. The van der Waals surface area contributed by atoms with Crippen LogP contribution in [0.2, 0.25) is 5.02 Å². The van der Waals surface area contributed by atoms with Crippen molar-refractivity contribution in [3.05, 3.63) is 117 Å². The van der Waals surface area contributed by atoms with Crippen molar-refractivity contribution >= 4 is 23.5 Å². The van der Waals surface area contributed by atoms with Gasteiger partial charge in [-0.05, 0) is 53.5 Å². The Kier molecular flexibility index (Phi) is 6.16. The smallest absolute Gasteiger partial charge is 0.232 e. The summed E-state index contributed by atoms with van der Waals surface area (Å²) in [6.07, 6.45) is 1.77. The Morgan fingerprint density at radius 2 is 1.76 bits per heavy atom. The Morgan fingerprint density at radius 3 is 2.57 bits per heavy atom. The zero-order valence-corrected chi connectivity index (χ0v) is 20.9. The van der Waals surface area contributed by atoms with E-state index < -0.39 is 0 Å². The van der Waals surface area contributed by atoms with Crippen molar-refractivity contribution in [2.24, 2.45) is 0 Å². The monoisotopic (exact) mass is 510 g/mol. The quantitative estimate of drug-likeness (QED) is 0.262. The molecule has 2 aliphatic heterocycles. The van der Waals surface area contributed by atoms with E-state index in [0.29, 0.717) is 34.5 Å². The molecule has 37 heavy (non-hydrogen) atoms. The van der Waals surface area contributed by atoms with Gasteiger partial charge in [-0.25, -0.2) is 0 Å². The maximum Gasteiger partial charge on any atom is 0.232 e. The van der Waals surface area contributed by atoms with Crippen molar-refractivity contribution in [1.29, 1.82) is 0 Å². The standard InChI is InChI=1S/C31H23ClO5/c1-19-11-26(35-17-24-14-25(32)13-23-16-34-18-36-31(23)24)15-27-29(19)30(33)28(37-27)12-20-7-9-22(10-8-20)21-5-3-2-4-6-21/h2-15H,16-18H2,1H3/b28-12-. The molecule has 0 fully saturated rings. The molecule has 0 radical (unpaired) electrons. The van der Waals surface area contributed by atoms with Crippen LogP contribution in [0.5, 0.6) is 17.2 Å². The van der Waals surface area contributed by atoms with Crippen LogP contribution in [-0.2, 0) is 18.0 Å². The normalized spacial score (nSPS) is 15.1. The lowest BCUT2D eigenvalue weighted by Crippen LogP contribution is -2.14. The Hall–Kier alpha value is -4.06. The van der Waals surface area contributed by atoms with Gasteiger partial charge in [0, 0.05) is 22.2 Å². The predicted octanol–water partition coefficient (Wildman–Crippen LogP) is 7.38. The van der Waals surface area contributed by atoms with Gasteiger partial charge in [0.2, 0.25) is 5.78 Å². The SMILES string of the molecule is Cc1cc(OCc2cc(Cl)cc3c2OCOC3)cc2c1C(=O)/C(=C/c1ccc(-c3ccccc3)cc1)O2. The molecule has 0 unspecified atom stereocenters. The summed E-state index contributed by atoms with van der Waals surface area (Å²) in [5, 5.41) is 0.595. The molecule has 2 heterocycles. The second kappa shape index (κ2) is 9.77. The number of carbonyl (C=O) groups is 1. The van der Waals surface area contributed by atoms with Gasteiger partial charge in [0.05, 0.1) is 12.2 Å². The average Bonchev–Trinajstić information content (AvgIpc) is 3.23. The van der Waals surface area contributed by atoms with E-state index in [-0.39, 0.29) is 19.2 Å². The number of rotatable bonds is 5. The van der Waals surface area contributed by atoms with Gasteiger partial charge in [0.25, 0.3) is 0 Å². The van der Waals surface area contributed by atoms with E-state index in [9.17, 15) is 4.79 Å². The van der Waals surface area contributed by atoms with Crippen LogP contribution in [0.1, 0.15) is 32.6 Å². The van der Waals surface area contributed by atoms with Crippen LogP contribution in [0.4, 0.5) is 0 Å². The first-order valence-electron chi connectivity index (χ1n) is 11.9. The minimum Gasteiger partial charge on any atom is -0.489 e. The van der Waals surface area contributed by atoms with Crippen LogP contribution in [0.25, 0.3) is 17.2 Å². The van der Waals surface area contributed by atoms with Gasteiger partial charge >= 0.3 is 0 Å². The summed E-state index contributed by atoms with van der Waals surface area (Å²) in [6, 6.07) is 25.5. The summed E-state index contributed by atoms with van der Waals surface area (Å²) in [6.45, 7) is 2.78. The van der Waals surface area contributed by atoms with Gasteiger partial charge in [0.1, 0.15) is 23.9 Å². The molecule has 0 spiro atoms. The molecule has 2 aliphatic rings. The third-order valence-corrected chi connectivity index (χ3v) is 6.62. The maximum absolute atomic E-state index is 13.1. The molecule has 0 N–H and O–H groups in total. The van der Waals surface area contributed by atoms with E-state index in [1.807, 2.05) is 67.6 Å². The highest BCUT2D eigenvalue weighted by atomic mass is 35.5. The largest absolute Gasteiger partial charge is 0.489 e. The van der Waals surface area contributed by atoms with Gasteiger partial charge in [-0.3, -0.25) is 4.79 Å². The number of hydrogen-bond acceptors (Lipinski definition) is 5. The van der Waals surface area contributed by atoms with Crippen molar-refractivity contribution in [2.45, 2.75) is 20.1 Å². The average molecular weight is 511 g/mol. The van der Waals surface area contributed by atoms with E-state index in [1.165, 1.54) is 0 Å². The summed E-state index contributed by atoms with van der Waals surface area (Å²) in [5.41, 5.74) is 6.21. The number of allylic oxidation sites excluding steroid dienone is 1. The number of carbonyl (C=O) groups excluding carboxylic acids is 1. The summed E-state index contributed by atoms with van der Waals surface area (Å²) >= 11 is 6.27. The second-order valence-corrected chi connectivity index (χ2v) is 9.43. The summed E-state index contributed by atoms with van der Waals surface area (Å²) in [5.74, 6) is 1.98.